The van der Waals surface area contributed by atoms with Crippen LogP contribution in [0.15, 0.2) is 77.4 Å². The van der Waals surface area contributed by atoms with Crippen LogP contribution >= 0.6 is 11.6 Å². The van der Waals surface area contributed by atoms with Gasteiger partial charge in [0.1, 0.15) is 16.9 Å². The third-order valence-corrected chi connectivity index (χ3v) is 6.65. The number of hydrogen-bond acceptors (Lipinski definition) is 4. The topological polar surface area (TPSA) is 80.4 Å². The number of para-hydroxylation sites is 1. The molecule has 0 saturated carbocycles. The molecule has 0 spiro atoms. The summed E-state index contributed by atoms with van der Waals surface area (Å²) in [6.45, 7) is 4.32. The van der Waals surface area contributed by atoms with Crippen molar-refractivity contribution in [2.45, 2.75) is 38.9 Å². The molecule has 2 amide bonds. The highest BCUT2D eigenvalue weighted by atomic mass is 35.5. The minimum atomic E-state index is -1.21. The Morgan fingerprint density at radius 3 is 2.63 bits per heavy atom. The van der Waals surface area contributed by atoms with Crippen molar-refractivity contribution in [3.05, 3.63) is 94.8 Å². The Morgan fingerprint density at radius 2 is 1.91 bits per heavy atom. The summed E-state index contributed by atoms with van der Waals surface area (Å²) in [6, 6.07) is 20.3. The van der Waals surface area contributed by atoms with E-state index < -0.39 is 5.54 Å². The van der Waals surface area contributed by atoms with E-state index in [1.807, 2.05) is 43.3 Å². The lowest BCUT2D eigenvalue weighted by Gasteiger charge is -2.43. The molecule has 2 aromatic carbocycles. The Balaban J connectivity index is 1.55. The molecule has 4 aromatic rings. The fraction of sp³-hybridized carbons (Fsp3) is 0.222. The molecule has 35 heavy (non-hydrogen) atoms. The molecule has 8 heteroatoms. The summed E-state index contributed by atoms with van der Waals surface area (Å²) in [5.41, 5.74) is 2.36. The highest BCUT2D eigenvalue weighted by molar-refractivity contribution is 6.30. The van der Waals surface area contributed by atoms with E-state index in [0.717, 1.165) is 23.2 Å². The summed E-state index contributed by atoms with van der Waals surface area (Å²) in [5, 5.41) is 8.25. The van der Waals surface area contributed by atoms with Gasteiger partial charge in [0.2, 0.25) is 5.91 Å². The van der Waals surface area contributed by atoms with Crippen LogP contribution in [-0.2, 0) is 24.3 Å². The van der Waals surface area contributed by atoms with Gasteiger partial charge in [0.25, 0.3) is 5.91 Å². The van der Waals surface area contributed by atoms with Crippen molar-refractivity contribution in [3.8, 4) is 11.5 Å². The van der Waals surface area contributed by atoms with E-state index in [4.69, 9.17) is 16.0 Å². The summed E-state index contributed by atoms with van der Waals surface area (Å²) in [5.74, 6) is 0.00750. The van der Waals surface area contributed by atoms with Crippen molar-refractivity contribution in [1.29, 1.82) is 0 Å². The van der Waals surface area contributed by atoms with Gasteiger partial charge in [-0.2, -0.15) is 5.10 Å². The molecule has 0 radical (unpaired) electrons. The van der Waals surface area contributed by atoms with Gasteiger partial charge in [-0.15, -0.1) is 0 Å². The zero-order chi connectivity index (χ0) is 24.6. The molecular weight excluding hydrogens is 464 g/mol. The van der Waals surface area contributed by atoms with Gasteiger partial charge in [-0.1, -0.05) is 48.9 Å². The summed E-state index contributed by atoms with van der Waals surface area (Å²) in [6.07, 6.45) is 2.28. The number of fused-ring (bicyclic) bond motifs is 1. The smallest absolute Gasteiger partial charge is 0.277 e. The molecule has 0 fully saturated rings. The number of carbonyl (C=O) groups excluding carboxylic acids is 2. The Morgan fingerprint density at radius 1 is 1.14 bits per heavy atom. The third kappa shape index (κ3) is 4.12. The van der Waals surface area contributed by atoms with Crippen molar-refractivity contribution < 1.29 is 14.0 Å². The average molecular weight is 489 g/mol. The van der Waals surface area contributed by atoms with Gasteiger partial charge < -0.3 is 9.73 Å². The van der Waals surface area contributed by atoms with E-state index in [1.165, 1.54) is 0 Å². The molecule has 7 nitrogen and oxygen atoms in total. The molecule has 1 atom stereocenters. The second-order valence-electron chi connectivity index (χ2n) is 8.76. The highest BCUT2D eigenvalue weighted by Crippen LogP contribution is 2.36. The molecule has 2 aromatic heterocycles. The summed E-state index contributed by atoms with van der Waals surface area (Å²) >= 11 is 5.99. The number of aryl methyl sites for hydroxylation is 1. The number of nitrogens with one attached hydrogen (secondary N) is 1. The molecule has 3 heterocycles. The first-order valence-electron chi connectivity index (χ1n) is 11.5. The molecule has 1 aliphatic heterocycles. The molecule has 5 rings (SSSR count). The van der Waals surface area contributed by atoms with Crippen molar-refractivity contribution in [2.75, 3.05) is 4.90 Å². The second-order valence-corrected chi connectivity index (χ2v) is 9.19. The zero-order valence-electron chi connectivity index (χ0n) is 19.5. The molecule has 1 N–H and O–H groups in total. The number of amides is 2. The number of hydrogen-bond donors (Lipinski definition) is 1. The number of halogens is 1. The summed E-state index contributed by atoms with van der Waals surface area (Å²) in [7, 11) is 0. The monoisotopic (exact) mass is 488 g/mol. The van der Waals surface area contributed by atoms with E-state index >= 15 is 0 Å². The average Bonchev–Trinajstić information content (AvgIpc) is 3.54. The Hall–Kier alpha value is -3.84. The fourth-order valence-electron chi connectivity index (χ4n) is 4.51. The zero-order valence-corrected chi connectivity index (χ0v) is 20.2. The minimum absolute atomic E-state index is 0.194. The lowest BCUT2D eigenvalue weighted by molar-refractivity contribution is -0.126. The van der Waals surface area contributed by atoms with Crippen molar-refractivity contribution >= 4 is 29.1 Å². The maximum atomic E-state index is 13.9. The minimum Gasteiger partial charge on any atom is -0.463 e. The Labute approximate surface area is 208 Å². The molecule has 1 aliphatic rings. The maximum Gasteiger partial charge on any atom is 0.277 e. The second kappa shape index (κ2) is 9.07. The Kier molecular flexibility index (Phi) is 5.94. The number of nitrogens with zero attached hydrogens (tertiary/aromatic N) is 3. The van der Waals surface area contributed by atoms with E-state index in [9.17, 15) is 9.59 Å². The van der Waals surface area contributed by atoms with Crippen LogP contribution in [0.1, 0.15) is 35.5 Å². The van der Waals surface area contributed by atoms with Gasteiger partial charge in [0.15, 0.2) is 5.76 Å². The summed E-state index contributed by atoms with van der Waals surface area (Å²) in [4.78, 5) is 29.3. The number of rotatable bonds is 6. The van der Waals surface area contributed by atoms with Crippen LogP contribution in [-0.4, -0.2) is 27.1 Å². The van der Waals surface area contributed by atoms with Gasteiger partial charge in [0.05, 0.1) is 12.8 Å². The van der Waals surface area contributed by atoms with Crippen LogP contribution in [0.25, 0.3) is 11.5 Å². The third-order valence-electron chi connectivity index (χ3n) is 6.40. The van der Waals surface area contributed by atoms with Crippen molar-refractivity contribution in [1.82, 2.24) is 15.1 Å². The first-order chi connectivity index (χ1) is 16.9. The molecule has 178 valence electrons. The number of anilines is 1. The van der Waals surface area contributed by atoms with Crippen molar-refractivity contribution in [2.24, 2.45) is 0 Å². The molecule has 0 aliphatic carbocycles. The van der Waals surface area contributed by atoms with Gasteiger partial charge in [-0.25, -0.2) is 0 Å². The van der Waals surface area contributed by atoms with Gasteiger partial charge >= 0.3 is 0 Å². The number of aromatic nitrogens is 2. The van der Waals surface area contributed by atoms with Crippen LogP contribution in [0.4, 0.5) is 5.69 Å². The van der Waals surface area contributed by atoms with Crippen LogP contribution in [0, 0.1) is 0 Å². The first-order valence-corrected chi connectivity index (χ1v) is 11.9. The SMILES string of the molecule is CCc1ccccc1N1C(=O)c2cc(-c3ccco3)nn2C[C@]1(C)C(=O)NCc1ccc(Cl)cc1. The van der Waals surface area contributed by atoms with Crippen LogP contribution in [0.5, 0.6) is 0 Å². The standard InChI is InChI=1S/C27H25ClN4O3/c1-3-19-7-4-5-8-22(19)32-25(33)23-15-21(24-9-6-14-35-24)30-31(23)17-27(32,2)26(34)29-16-18-10-12-20(28)13-11-18/h4-15H,3,16-17H2,1-2H3,(H,29,34)/t27-/m1/s1. The highest BCUT2D eigenvalue weighted by Gasteiger charge is 2.49. The summed E-state index contributed by atoms with van der Waals surface area (Å²) < 4.78 is 7.09. The first kappa shape index (κ1) is 22.9. The van der Waals surface area contributed by atoms with E-state index in [0.29, 0.717) is 28.7 Å². The van der Waals surface area contributed by atoms with Crippen molar-refractivity contribution in [3.63, 3.8) is 0 Å². The Bertz CT molecular complexity index is 1380. The normalized spacial score (nSPS) is 17.3. The predicted octanol–water partition coefficient (Wildman–Crippen LogP) is 5.09. The van der Waals surface area contributed by atoms with Gasteiger partial charge in [-0.3, -0.25) is 19.2 Å². The lowest BCUT2D eigenvalue weighted by Crippen LogP contribution is -2.64. The fourth-order valence-corrected chi connectivity index (χ4v) is 4.63. The van der Waals surface area contributed by atoms with Crippen LogP contribution < -0.4 is 10.2 Å². The van der Waals surface area contributed by atoms with E-state index in [2.05, 4.69) is 10.4 Å². The molecule has 0 bridgehead atoms. The van der Waals surface area contributed by atoms with E-state index in [1.54, 1.807) is 53.1 Å². The predicted molar refractivity (Wildman–Crippen MR) is 134 cm³/mol. The van der Waals surface area contributed by atoms with Crippen LogP contribution in [0.2, 0.25) is 5.02 Å². The number of benzene rings is 2. The van der Waals surface area contributed by atoms with Crippen LogP contribution in [0.3, 0.4) is 0 Å². The quantitative estimate of drug-likeness (QED) is 0.409. The molecule has 0 unspecified atom stereocenters. The number of furan rings is 1. The van der Waals surface area contributed by atoms with E-state index in [-0.39, 0.29) is 18.4 Å². The van der Waals surface area contributed by atoms with Gasteiger partial charge in [0, 0.05) is 23.3 Å². The lowest BCUT2D eigenvalue weighted by atomic mass is 9.92. The maximum absolute atomic E-state index is 13.9. The molecular formula is C27H25ClN4O3. The van der Waals surface area contributed by atoms with Gasteiger partial charge in [-0.05, 0) is 54.8 Å². The largest absolute Gasteiger partial charge is 0.463 e. The number of carbonyl (C=O) groups is 2. The molecule has 0 saturated heterocycles.